The molecule has 2 N–H and O–H groups in total. The summed E-state index contributed by atoms with van der Waals surface area (Å²) >= 11 is 0. The van der Waals surface area contributed by atoms with Gasteiger partial charge in [-0.3, -0.25) is 9.59 Å². The first kappa shape index (κ1) is 18.0. The number of rotatable bonds is 6. The molecule has 1 rings (SSSR count). The summed E-state index contributed by atoms with van der Waals surface area (Å²) in [5.74, 6) is -9.98. The maximum absolute atomic E-state index is 13.7. The number of hydrogen-bond donors (Lipinski definition) is 2. The molecule has 0 saturated heterocycles. The molecule has 0 aromatic heterocycles. The van der Waals surface area contributed by atoms with Crippen LogP contribution in [0.25, 0.3) is 10.4 Å². The molecular formula is C12H9F4N5O2. The highest BCUT2D eigenvalue weighted by molar-refractivity contribution is 5.95. The summed E-state index contributed by atoms with van der Waals surface area (Å²) in [5, 5.41) is 6.71. The van der Waals surface area contributed by atoms with Gasteiger partial charge >= 0.3 is 0 Å². The van der Waals surface area contributed by atoms with E-state index in [9.17, 15) is 27.2 Å². The van der Waals surface area contributed by atoms with Crippen LogP contribution >= 0.6 is 0 Å². The molecule has 122 valence electrons. The lowest BCUT2D eigenvalue weighted by atomic mass is 10.1. The van der Waals surface area contributed by atoms with E-state index in [1.54, 1.807) is 0 Å². The Labute approximate surface area is 126 Å². The van der Waals surface area contributed by atoms with Crippen LogP contribution in [0.15, 0.2) is 17.8 Å². The van der Waals surface area contributed by atoms with Crippen molar-refractivity contribution >= 4 is 17.5 Å². The van der Waals surface area contributed by atoms with E-state index in [2.05, 4.69) is 17.0 Å². The number of benzene rings is 1. The maximum Gasteiger partial charge on any atom is 0.257 e. The molecule has 0 aliphatic heterocycles. The highest BCUT2D eigenvalue weighted by Gasteiger charge is 2.28. The lowest BCUT2D eigenvalue weighted by Gasteiger charge is -2.10. The van der Waals surface area contributed by atoms with Crippen LogP contribution in [0.5, 0.6) is 0 Å². The second-order valence-electron chi connectivity index (χ2n) is 3.92. The van der Waals surface area contributed by atoms with Crippen LogP contribution in [0, 0.1) is 23.3 Å². The lowest BCUT2D eigenvalue weighted by molar-refractivity contribution is -0.116. The Morgan fingerprint density at radius 3 is 2.09 bits per heavy atom. The van der Waals surface area contributed by atoms with Gasteiger partial charge in [-0.05, 0) is 11.6 Å². The zero-order valence-electron chi connectivity index (χ0n) is 11.4. The highest BCUT2D eigenvalue weighted by Crippen LogP contribution is 2.30. The third-order valence-corrected chi connectivity index (χ3v) is 2.51. The van der Waals surface area contributed by atoms with Gasteiger partial charge in [0.15, 0.2) is 23.3 Å². The van der Waals surface area contributed by atoms with Crippen molar-refractivity contribution in [2.24, 2.45) is 5.11 Å². The Bertz CT molecular complexity index is 687. The molecular weight excluding hydrogens is 322 g/mol. The number of halogens is 4. The number of carbonyl (C=O) groups excluding carboxylic acids is 2. The van der Waals surface area contributed by atoms with Crippen LogP contribution < -0.4 is 10.6 Å². The minimum Gasteiger partial charge on any atom is -0.351 e. The van der Waals surface area contributed by atoms with Crippen LogP contribution in [-0.2, 0) is 4.79 Å². The molecule has 0 atom stereocenters. The van der Waals surface area contributed by atoms with E-state index in [0.29, 0.717) is 0 Å². The van der Waals surface area contributed by atoms with Gasteiger partial charge in [-0.2, -0.15) is 0 Å². The van der Waals surface area contributed by atoms with Crippen molar-refractivity contribution in [1.82, 2.24) is 10.6 Å². The second kappa shape index (κ2) is 7.80. The molecule has 0 spiro atoms. The molecule has 7 nitrogen and oxygen atoms in total. The third kappa shape index (κ3) is 3.98. The van der Waals surface area contributed by atoms with Crippen molar-refractivity contribution in [1.29, 1.82) is 0 Å². The average molecular weight is 331 g/mol. The van der Waals surface area contributed by atoms with Crippen molar-refractivity contribution in [3.8, 4) is 0 Å². The van der Waals surface area contributed by atoms with Gasteiger partial charge in [-0.15, -0.1) is 0 Å². The molecule has 0 bridgehead atoms. The molecule has 0 saturated carbocycles. The quantitative estimate of drug-likeness (QED) is 0.159. The Morgan fingerprint density at radius 2 is 1.61 bits per heavy atom. The summed E-state index contributed by atoms with van der Waals surface area (Å²) in [6.45, 7) is 2.80. The van der Waals surface area contributed by atoms with Crippen molar-refractivity contribution in [3.63, 3.8) is 0 Å². The molecule has 0 radical (unpaired) electrons. The smallest absolute Gasteiger partial charge is 0.257 e. The molecule has 1 aromatic carbocycles. The zero-order chi connectivity index (χ0) is 17.6. The van der Waals surface area contributed by atoms with Gasteiger partial charge in [0.25, 0.3) is 5.91 Å². The predicted molar refractivity (Wildman–Crippen MR) is 70.6 cm³/mol. The van der Waals surface area contributed by atoms with E-state index in [1.165, 1.54) is 0 Å². The van der Waals surface area contributed by atoms with Crippen molar-refractivity contribution < 1.29 is 27.2 Å². The summed E-state index contributed by atoms with van der Waals surface area (Å²) in [6, 6.07) is 0. The van der Waals surface area contributed by atoms with Gasteiger partial charge < -0.3 is 10.6 Å². The maximum atomic E-state index is 13.7. The van der Waals surface area contributed by atoms with Gasteiger partial charge in [-0.1, -0.05) is 11.7 Å². The van der Waals surface area contributed by atoms with Crippen LogP contribution in [-0.4, -0.2) is 24.9 Å². The molecule has 2 amide bonds. The minimum absolute atomic E-state index is 0.110. The largest absolute Gasteiger partial charge is 0.351 e. The molecule has 0 heterocycles. The summed E-state index contributed by atoms with van der Waals surface area (Å²) in [7, 11) is 0. The highest BCUT2D eigenvalue weighted by atomic mass is 19.2. The topological polar surface area (TPSA) is 107 Å². The van der Waals surface area contributed by atoms with Crippen LogP contribution in [0.1, 0.15) is 10.4 Å². The zero-order valence-corrected chi connectivity index (χ0v) is 11.4. The predicted octanol–water partition coefficient (Wildman–Crippen LogP) is 2.22. The monoisotopic (exact) mass is 331 g/mol. The Morgan fingerprint density at radius 1 is 1.09 bits per heavy atom. The summed E-state index contributed by atoms with van der Waals surface area (Å²) in [4.78, 5) is 24.5. The third-order valence-electron chi connectivity index (χ3n) is 2.51. The number of nitrogens with zero attached hydrogens (tertiary/aromatic N) is 3. The summed E-state index contributed by atoms with van der Waals surface area (Å²) in [5.41, 5.74) is 5.07. The van der Waals surface area contributed by atoms with Crippen LogP contribution in [0.4, 0.5) is 23.2 Å². The Kier molecular flexibility index (Phi) is 6.10. The molecule has 11 heteroatoms. The van der Waals surface area contributed by atoms with Crippen LogP contribution in [0.2, 0.25) is 0 Å². The lowest BCUT2D eigenvalue weighted by Crippen LogP contribution is -2.35. The fourth-order valence-corrected chi connectivity index (χ4v) is 1.47. The normalized spacial score (nSPS) is 9.74. The van der Waals surface area contributed by atoms with Gasteiger partial charge in [0.05, 0.1) is 0 Å². The first-order valence-electron chi connectivity index (χ1n) is 5.94. The van der Waals surface area contributed by atoms with Gasteiger partial charge in [0.1, 0.15) is 11.3 Å². The first-order chi connectivity index (χ1) is 10.8. The van der Waals surface area contributed by atoms with E-state index in [0.717, 1.165) is 6.08 Å². The van der Waals surface area contributed by atoms with Gasteiger partial charge in [-0.25, -0.2) is 17.6 Å². The molecule has 0 fully saturated rings. The molecule has 0 unspecified atom stereocenters. The van der Waals surface area contributed by atoms with E-state index in [1.807, 2.05) is 10.2 Å². The van der Waals surface area contributed by atoms with Crippen LogP contribution in [0.3, 0.4) is 0 Å². The number of carbonyl (C=O) groups is 2. The second-order valence-corrected chi connectivity index (χ2v) is 3.92. The molecule has 1 aromatic rings. The van der Waals surface area contributed by atoms with E-state index in [-0.39, 0.29) is 13.1 Å². The van der Waals surface area contributed by atoms with Gasteiger partial charge in [0.2, 0.25) is 5.91 Å². The number of hydrogen-bond acceptors (Lipinski definition) is 3. The minimum atomic E-state index is -2.00. The number of amides is 2. The van der Waals surface area contributed by atoms with E-state index in [4.69, 9.17) is 5.53 Å². The fraction of sp³-hybridized carbons (Fsp3) is 0.167. The molecule has 0 aliphatic rings. The Hall–Kier alpha value is -3.07. The molecule has 0 aliphatic carbocycles. The summed E-state index contributed by atoms with van der Waals surface area (Å²) < 4.78 is 54.3. The van der Waals surface area contributed by atoms with Crippen molar-refractivity contribution in [2.45, 2.75) is 0 Å². The number of nitrogens with one attached hydrogen (secondary N) is 2. The van der Waals surface area contributed by atoms with E-state index < -0.39 is 46.3 Å². The van der Waals surface area contributed by atoms with Crippen molar-refractivity contribution in [3.05, 3.63) is 51.9 Å². The summed E-state index contributed by atoms with van der Waals surface area (Å²) in [6.07, 6.45) is 0.959. The molecule has 23 heavy (non-hydrogen) atoms. The standard InChI is InChI=1S/C12H9F4N5O2/c1-2-5(22)18-3-4-19-12(23)6-7(13)9(15)11(20-21-17)10(16)8(6)14/h2H,1,3-4H2,(H,18,22)(H,19,23). The van der Waals surface area contributed by atoms with Gasteiger partial charge in [0, 0.05) is 18.0 Å². The Balaban J connectivity index is 3.00. The first-order valence-corrected chi connectivity index (χ1v) is 5.94. The SMILES string of the molecule is C=CC(=O)NCCNC(=O)c1c(F)c(F)c(N=[N+]=[N-])c(F)c1F. The van der Waals surface area contributed by atoms with Crippen molar-refractivity contribution in [2.75, 3.05) is 13.1 Å². The van der Waals surface area contributed by atoms with E-state index >= 15 is 0 Å². The fourth-order valence-electron chi connectivity index (χ4n) is 1.47. The number of azide groups is 1. The average Bonchev–Trinajstić information content (AvgIpc) is 2.53.